The predicted octanol–water partition coefficient (Wildman–Crippen LogP) is 2.98. The van der Waals surface area contributed by atoms with Gasteiger partial charge in [0.05, 0.1) is 30.4 Å². The van der Waals surface area contributed by atoms with Gasteiger partial charge < -0.3 is 19.8 Å². The lowest BCUT2D eigenvalue weighted by molar-refractivity contribution is -0.140. The number of morpholine rings is 1. The number of aliphatic hydroxyl groups is 1. The third kappa shape index (κ3) is 4.77. The van der Waals surface area contributed by atoms with Crippen LogP contribution in [0.4, 0.5) is 4.39 Å². The molecule has 2 N–H and O–H groups in total. The topological polar surface area (TPSA) is 90.3 Å². The van der Waals surface area contributed by atoms with Crippen molar-refractivity contribution < 1.29 is 28.9 Å². The molecule has 33 heavy (non-hydrogen) atoms. The maximum absolute atomic E-state index is 14.1. The van der Waals surface area contributed by atoms with Crippen LogP contribution in [0.25, 0.3) is 5.76 Å². The summed E-state index contributed by atoms with van der Waals surface area (Å²) in [7, 11) is 0. The molecule has 2 heterocycles. The molecule has 7 nitrogen and oxygen atoms in total. The second-order valence-electron chi connectivity index (χ2n) is 8.38. The van der Waals surface area contributed by atoms with E-state index in [0.29, 0.717) is 25.2 Å². The summed E-state index contributed by atoms with van der Waals surface area (Å²) in [6.07, 6.45) is 0.606. The summed E-state index contributed by atoms with van der Waals surface area (Å²) < 4.78 is 19.4. The van der Waals surface area contributed by atoms with Gasteiger partial charge in [0, 0.05) is 26.2 Å². The lowest BCUT2D eigenvalue weighted by atomic mass is 9.94. The van der Waals surface area contributed by atoms with Crippen LogP contribution in [-0.2, 0) is 14.3 Å². The molecule has 0 bridgehead atoms. The number of ketones is 1. The minimum atomic E-state index is -0.953. The highest BCUT2D eigenvalue weighted by Crippen LogP contribution is 2.41. The summed E-state index contributed by atoms with van der Waals surface area (Å²) >= 11 is 0. The van der Waals surface area contributed by atoms with Crippen molar-refractivity contribution in [3.8, 4) is 5.75 Å². The van der Waals surface area contributed by atoms with Crippen molar-refractivity contribution in [2.75, 3.05) is 39.4 Å². The highest BCUT2D eigenvalue weighted by atomic mass is 19.1. The first kappa shape index (κ1) is 22.9. The number of benzene rings is 2. The predicted molar refractivity (Wildman–Crippen MR) is 120 cm³/mol. The average Bonchev–Trinajstić information content (AvgIpc) is 3.06. The molecule has 0 saturated carbocycles. The fourth-order valence-corrected chi connectivity index (χ4v) is 4.41. The first-order chi connectivity index (χ1) is 15.9. The van der Waals surface area contributed by atoms with Crippen molar-refractivity contribution in [1.82, 2.24) is 9.80 Å². The first-order valence-electron chi connectivity index (χ1n) is 11.0. The van der Waals surface area contributed by atoms with Gasteiger partial charge in [0.1, 0.15) is 17.3 Å². The van der Waals surface area contributed by atoms with Gasteiger partial charge >= 0.3 is 0 Å². The van der Waals surface area contributed by atoms with Gasteiger partial charge in [-0.15, -0.1) is 0 Å². The summed E-state index contributed by atoms with van der Waals surface area (Å²) in [6.45, 7) is 5.70. The standard InChI is InChI=1S/C25H27FN2O5/c1-16-6-7-20(29)19(14-16)23(30)21-22(17-4-2-5-18(26)15-17)28(25(32)24(21)31)9-3-8-27-10-12-33-13-11-27/h2,4-7,14-15,22,29-30H,3,8-13H2,1H3/t22-/m1/s1. The van der Waals surface area contributed by atoms with Gasteiger partial charge in [0.2, 0.25) is 0 Å². The van der Waals surface area contributed by atoms with Crippen molar-refractivity contribution in [2.45, 2.75) is 19.4 Å². The van der Waals surface area contributed by atoms with E-state index in [9.17, 15) is 24.2 Å². The molecule has 8 heteroatoms. The van der Waals surface area contributed by atoms with Crippen LogP contribution in [0.3, 0.4) is 0 Å². The number of phenols is 1. The van der Waals surface area contributed by atoms with E-state index < -0.39 is 29.3 Å². The molecule has 0 aliphatic carbocycles. The number of likely N-dealkylation sites (tertiary alicyclic amines) is 1. The van der Waals surface area contributed by atoms with Gasteiger partial charge in [-0.25, -0.2) is 4.39 Å². The molecular weight excluding hydrogens is 427 g/mol. The molecule has 0 spiro atoms. The van der Waals surface area contributed by atoms with Gasteiger partial charge in [-0.2, -0.15) is 0 Å². The maximum Gasteiger partial charge on any atom is 0.295 e. The fourth-order valence-electron chi connectivity index (χ4n) is 4.41. The molecule has 0 unspecified atom stereocenters. The number of aryl methyl sites for hydroxylation is 1. The number of amides is 1. The Morgan fingerprint density at radius 1 is 1.12 bits per heavy atom. The lowest BCUT2D eigenvalue weighted by Crippen LogP contribution is -2.39. The zero-order valence-corrected chi connectivity index (χ0v) is 18.5. The van der Waals surface area contributed by atoms with Crippen molar-refractivity contribution in [2.24, 2.45) is 0 Å². The maximum atomic E-state index is 14.1. The zero-order valence-electron chi connectivity index (χ0n) is 18.5. The van der Waals surface area contributed by atoms with E-state index in [1.807, 2.05) is 0 Å². The molecule has 2 fully saturated rings. The summed E-state index contributed by atoms with van der Waals surface area (Å²) in [6, 6.07) is 9.33. The number of Topliss-reactive ketones (excluding diaryl/α,β-unsaturated/α-hetero) is 1. The third-order valence-corrected chi connectivity index (χ3v) is 6.09. The van der Waals surface area contributed by atoms with E-state index in [-0.39, 0.29) is 23.4 Å². The van der Waals surface area contributed by atoms with Crippen molar-refractivity contribution in [3.05, 3.63) is 70.5 Å². The number of halogens is 1. The van der Waals surface area contributed by atoms with E-state index in [1.54, 1.807) is 25.1 Å². The largest absolute Gasteiger partial charge is 0.507 e. The van der Waals surface area contributed by atoms with Crippen LogP contribution in [0, 0.1) is 12.7 Å². The first-order valence-corrected chi connectivity index (χ1v) is 11.0. The van der Waals surface area contributed by atoms with Crippen LogP contribution < -0.4 is 0 Å². The van der Waals surface area contributed by atoms with Crippen LogP contribution in [0.2, 0.25) is 0 Å². The summed E-state index contributed by atoms with van der Waals surface area (Å²) in [5.74, 6) is -2.80. The molecule has 0 aromatic heterocycles. The minimum absolute atomic E-state index is 0.0581. The minimum Gasteiger partial charge on any atom is -0.507 e. The highest BCUT2D eigenvalue weighted by Gasteiger charge is 2.46. The Morgan fingerprint density at radius 3 is 2.61 bits per heavy atom. The SMILES string of the molecule is Cc1ccc(O)c(C(O)=C2C(=O)C(=O)N(CCCN3CCOCC3)[C@@H]2c2cccc(F)c2)c1. The molecule has 2 aromatic carbocycles. The van der Waals surface area contributed by atoms with Crippen molar-refractivity contribution in [3.63, 3.8) is 0 Å². The smallest absolute Gasteiger partial charge is 0.295 e. The Hall–Kier alpha value is -3.23. The van der Waals surface area contributed by atoms with Crippen LogP contribution in [0.1, 0.15) is 29.2 Å². The van der Waals surface area contributed by atoms with Crippen molar-refractivity contribution >= 4 is 17.4 Å². The monoisotopic (exact) mass is 454 g/mol. The number of carbonyl (C=O) groups is 2. The number of aromatic hydroxyl groups is 1. The number of hydrogen-bond acceptors (Lipinski definition) is 6. The van der Waals surface area contributed by atoms with Crippen LogP contribution in [0.15, 0.2) is 48.0 Å². The van der Waals surface area contributed by atoms with Gasteiger partial charge in [-0.05, 0) is 43.2 Å². The molecule has 0 radical (unpaired) electrons. The van der Waals surface area contributed by atoms with Crippen molar-refractivity contribution in [1.29, 1.82) is 0 Å². The molecule has 2 aliphatic rings. The number of hydrogen-bond donors (Lipinski definition) is 2. The molecule has 174 valence electrons. The van der Waals surface area contributed by atoms with Crippen LogP contribution in [0.5, 0.6) is 5.75 Å². The van der Waals surface area contributed by atoms with E-state index in [2.05, 4.69) is 4.90 Å². The lowest BCUT2D eigenvalue weighted by Gasteiger charge is -2.29. The van der Waals surface area contributed by atoms with Gasteiger partial charge in [0.25, 0.3) is 11.7 Å². The fraction of sp³-hybridized carbons (Fsp3) is 0.360. The number of phenolic OH excluding ortho intramolecular Hbond substituents is 1. The zero-order chi connectivity index (χ0) is 23.5. The number of aliphatic hydroxyl groups excluding tert-OH is 1. The summed E-state index contributed by atoms with van der Waals surface area (Å²) in [5.41, 5.74) is 1.05. The molecule has 2 aromatic rings. The average molecular weight is 454 g/mol. The Bertz CT molecular complexity index is 1090. The number of nitrogens with zero attached hydrogens (tertiary/aromatic N) is 2. The van der Waals surface area contributed by atoms with Gasteiger partial charge in [0.15, 0.2) is 0 Å². The van der Waals surface area contributed by atoms with Gasteiger partial charge in [-0.3, -0.25) is 14.5 Å². The third-order valence-electron chi connectivity index (χ3n) is 6.09. The Morgan fingerprint density at radius 2 is 1.88 bits per heavy atom. The molecule has 2 aliphatic heterocycles. The normalized spacial score (nSPS) is 21.0. The molecule has 2 saturated heterocycles. The van der Waals surface area contributed by atoms with E-state index in [0.717, 1.165) is 25.2 Å². The number of ether oxygens (including phenoxy) is 1. The second-order valence-corrected chi connectivity index (χ2v) is 8.38. The highest BCUT2D eigenvalue weighted by molar-refractivity contribution is 6.46. The molecule has 1 atom stereocenters. The van der Waals surface area contributed by atoms with Crippen LogP contribution >= 0.6 is 0 Å². The molecule has 1 amide bonds. The molecular formula is C25H27FN2O5. The van der Waals surface area contributed by atoms with E-state index in [4.69, 9.17) is 4.74 Å². The Balaban J connectivity index is 1.71. The second kappa shape index (κ2) is 9.72. The summed E-state index contributed by atoms with van der Waals surface area (Å²) in [5, 5.41) is 21.4. The quantitative estimate of drug-likeness (QED) is 0.396. The number of rotatable bonds is 6. The van der Waals surface area contributed by atoms with Gasteiger partial charge in [-0.1, -0.05) is 23.8 Å². The van der Waals surface area contributed by atoms with E-state index >= 15 is 0 Å². The summed E-state index contributed by atoms with van der Waals surface area (Å²) in [4.78, 5) is 29.7. The number of carbonyl (C=O) groups excluding carboxylic acids is 2. The molecule has 4 rings (SSSR count). The Kier molecular flexibility index (Phi) is 6.76. The van der Waals surface area contributed by atoms with E-state index in [1.165, 1.54) is 29.2 Å². The van der Waals surface area contributed by atoms with Crippen LogP contribution in [-0.4, -0.2) is 71.1 Å². The Labute approximate surface area is 191 Å².